The Morgan fingerprint density at radius 2 is 2.00 bits per heavy atom. The van der Waals surface area contributed by atoms with E-state index < -0.39 is 0 Å². The van der Waals surface area contributed by atoms with Crippen molar-refractivity contribution in [2.24, 2.45) is 0 Å². The first-order chi connectivity index (χ1) is 5.86. The normalized spacial score (nSPS) is 8.54. The number of aromatic nitrogens is 4. The van der Waals surface area contributed by atoms with Crippen LogP contribution in [0.2, 0.25) is 0 Å². The maximum absolute atomic E-state index is 4.07. The largest absolute Gasteiger partial charge is 1.00 e. The smallest absolute Gasteiger partial charge is 0.365 e. The van der Waals surface area contributed by atoms with Crippen molar-refractivity contribution in [2.75, 3.05) is 0 Å². The zero-order chi connectivity index (χ0) is 8.97. The SMILES string of the molecule is CC.Cc1ccc2nn[c-]n2n1.[Rb+]. The molecule has 0 aromatic carbocycles. The summed E-state index contributed by atoms with van der Waals surface area (Å²) in [7, 11) is 0. The maximum Gasteiger partial charge on any atom is 1.00 e. The van der Waals surface area contributed by atoms with Crippen molar-refractivity contribution in [3.8, 4) is 0 Å². The van der Waals surface area contributed by atoms with Gasteiger partial charge in [0.25, 0.3) is 0 Å². The van der Waals surface area contributed by atoms with E-state index in [4.69, 9.17) is 0 Å². The molecule has 2 aromatic rings. The van der Waals surface area contributed by atoms with E-state index in [2.05, 4.69) is 21.6 Å². The summed E-state index contributed by atoms with van der Waals surface area (Å²) < 4.78 is 1.52. The molecule has 2 heterocycles. The summed E-state index contributed by atoms with van der Waals surface area (Å²) in [6.07, 6.45) is 2.60. The Kier molecular flexibility index (Phi) is 6.94. The third-order valence-corrected chi connectivity index (χ3v) is 1.24. The average Bonchev–Trinajstić information content (AvgIpc) is 2.54. The Morgan fingerprint density at radius 3 is 2.69 bits per heavy atom. The predicted octanol–water partition coefficient (Wildman–Crippen LogP) is -1.74. The third kappa shape index (κ3) is 3.54. The molecular weight excluding hydrogens is 238 g/mol. The van der Waals surface area contributed by atoms with Crippen LogP contribution in [-0.4, -0.2) is 19.8 Å². The van der Waals surface area contributed by atoms with Crippen molar-refractivity contribution in [1.82, 2.24) is 19.8 Å². The fraction of sp³-hybridized carbons (Fsp3) is 0.375. The Labute approximate surface area is 127 Å². The van der Waals surface area contributed by atoms with Crippen LogP contribution in [0.15, 0.2) is 12.1 Å². The third-order valence-electron chi connectivity index (χ3n) is 1.24. The first kappa shape index (κ1) is 13.4. The Hall–Kier alpha value is 0.355. The molecule has 0 saturated carbocycles. The summed E-state index contributed by atoms with van der Waals surface area (Å²) in [6.45, 7) is 5.91. The van der Waals surface area contributed by atoms with Gasteiger partial charge in [-0.3, -0.25) is 5.10 Å². The van der Waals surface area contributed by atoms with E-state index in [1.807, 2.05) is 32.9 Å². The number of hydrogen-bond donors (Lipinski definition) is 0. The first-order valence-corrected chi connectivity index (χ1v) is 3.93. The molecule has 0 aliphatic heterocycles. The number of nitrogens with zero attached hydrogens (tertiary/aromatic N) is 4. The van der Waals surface area contributed by atoms with Crippen LogP contribution < -0.4 is 58.2 Å². The van der Waals surface area contributed by atoms with Crippen LogP contribution in [0.25, 0.3) is 5.65 Å². The fourth-order valence-electron chi connectivity index (χ4n) is 0.773. The molecule has 0 atom stereocenters. The van der Waals surface area contributed by atoms with E-state index in [0.29, 0.717) is 0 Å². The van der Waals surface area contributed by atoms with E-state index >= 15 is 0 Å². The van der Waals surface area contributed by atoms with Crippen molar-refractivity contribution >= 4 is 5.65 Å². The summed E-state index contributed by atoms with van der Waals surface area (Å²) in [4.78, 5) is 0. The quantitative estimate of drug-likeness (QED) is 0.520. The molecular formula is C8H11N4Rb. The molecule has 0 spiro atoms. The number of fused-ring (bicyclic) bond motifs is 1. The molecule has 0 aliphatic rings. The summed E-state index contributed by atoms with van der Waals surface area (Å²) in [5, 5.41) is 11.4. The van der Waals surface area contributed by atoms with Gasteiger partial charge in [-0.1, -0.05) is 26.0 Å². The van der Waals surface area contributed by atoms with Crippen LogP contribution in [0.3, 0.4) is 0 Å². The summed E-state index contributed by atoms with van der Waals surface area (Å²) in [5.41, 5.74) is 1.66. The van der Waals surface area contributed by atoms with Gasteiger partial charge >= 0.3 is 58.2 Å². The van der Waals surface area contributed by atoms with Crippen LogP contribution in [0.4, 0.5) is 0 Å². The molecule has 0 N–H and O–H groups in total. The number of hydrogen-bond acceptors (Lipinski definition) is 3. The van der Waals surface area contributed by atoms with Gasteiger partial charge in [0.1, 0.15) is 0 Å². The second-order valence-electron chi connectivity index (χ2n) is 2.04. The minimum absolute atomic E-state index is 0. The monoisotopic (exact) mass is 248 g/mol. The minimum Gasteiger partial charge on any atom is -0.365 e. The number of rotatable bonds is 0. The molecule has 0 saturated heterocycles. The van der Waals surface area contributed by atoms with Gasteiger partial charge in [-0.25, -0.2) is 10.2 Å². The predicted molar refractivity (Wildman–Crippen MR) is 45.7 cm³/mol. The zero-order valence-corrected chi connectivity index (χ0v) is 13.4. The second-order valence-corrected chi connectivity index (χ2v) is 2.04. The van der Waals surface area contributed by atoms with Crippen LogP contribution in [-0.2, 0) is 0 Å². The molecule has 2 rings (SSSR count). The molecule has 0 fully saturated rings. The molecule has 2 aromatic heterocycles. The molecule has 5 heteroatoms. The molecule has 0 bridgehead atoms. The van der Waals surface area contributed by atoms with E-state index in [9.17, 15) is 0 Å². The average molecular weight is 249 g/mol. The van der Waals surface area contributed by atoms with Crippen LogP contribution in [0.5, 0.6) is 0 Å². The van der Waals surface area contributed by atoms with E-state index in [0.717, 1.165) is 11.3 Å². The van der Waals surface area contributed by atoms with Crippen molar-refractivity contribution in [3.63, 3.8) is 0 Å². The molecule has 13 heavy (non-hydrogen) atoms. The number of aryl methyl sites for hydroxylation is 1. The zero-order valence-electron chi connectivity index (χ0n) is 8.44. The van der Waals surface area contributed by atoms with E-state index in [1.54, 1.807) is 0 Å². The van der Waals surface area contributed by atoms with Crippen molar-refractivity contribution in [1.29, 1.82) is 0 Å². The second kappa shape index (κ2) is 6.76. The van der Waals surface area contributed by atoms with Crippen LogP contribution in [0.1, 0.15) is 19.5 Å². The first-order valence-electron chi connectivity index (χ1n) is 3.93. The summed E-state index contributed by atoms with van der Waals surface area (Å²) in [6, 6.07) is 3.74. The Morgan fingerprint density at radius 1 is 1.31 bits per heavy atom. The molecule has 0 amide bonds. The van der Waals surface area contributed by atoms with E-state index in [1.165, 1.54) is 4.52 Å². The Balaban J connectivity index is 0.000000451. The molecule has 0 radical (unpaired) electrons. The molecule has 64 valence electrons. The molecule has 4 nitrogen and oxygen atoms in total. The van der Waals surface area contributed by atoms with Gasteiger partial charge in [0, 0.05) is 5.65 Å². The van der Waals surface area contributed by atoms with E-state index in [-0.39, 0.29) is 58.2 Å². The van der Waals surface area contributed by atoms with Gasteiger partial charge in [0.2, 0.25) is 0 Å². The van der Waals surface area contributed by atoms with Gasteiger partial charge in [-0.15, -0.1) is 0 Å². The van der Waals surface area contributed by atoms with Crippen molar-refractivity contribution in [3.05, 3.63) is 24.2 Å². The van der Waals surface area contributed by atoms with Gasteiger partial charge in [-0.05, 0) is 13.3 Å². The van der Waals surface area contributed by atoms with Gasteiger partial charge < -0.3 is 4.52 Å². The molecule has 0 unspecified atom stereocenters. The summed E-state index contributed by atoms with van der Waals surface area (Å²) >= 11 is 0. The van der Waals surface area contributed by atoms with Gasteiger partial charge in [-0.2, -0.15) is 0 Å². The van der Waals surface area contributed by atoms with Gasteiger partial charge in [0.05, 0.1) is 5.69 Å². The minimum atomic E-state index is 0. The fourth-order valence-corrected chi connectivity index (χ4v) is 0.773. The topological polar surface area (TPSA) is 43.1 Å². The van der Waals surface area contributed by atoms with Crippen LogP contribution >= 0.6 is 0 Å². The van der Waals surface area contributed by atoms with Crippen molar-refractivity contribution in [2.45, 2.75) is 20.8 Å². The standard InChI is InChI=1S/C6H5N4.C2H6.Rb/c1-5-2-3-6-8-7-4-10(6)9-5;1-2;/h2-3H,1H3;1-2H3;/q-1;;+1. The van der Waals surface area contributed by atoms with Crippen LogP contribution in [0, 0.1) is 13.3 Å². The van der Waals surface area contributed by atoms with Gasteiger partial charge in [0.15, 0.2) is 0 Å². The summed E-state index contributed by atoms with van der Waals surface area (Å²) in [5.74, 6) is 0. The molecule has 0 aliphatic carbocycles. The Bertz CT molecular complexity index is 358. The maximum atomic E-state index is 4.07. The van der Waals surface area contributed by atoms with Crippen molar-refractivity contribution < 1.29 is 58.2 Å².